The minimum atomic E-state index is -0.443. The van der Waals surface area contributed by atoms with Crippen molar-refractivity contribution in [1.82, 2.24) is 4.98 Å². The van der Waals surface area contributed by atoms with Gasteiger partial charge in [0.2, 0.25) is 0 Å². The molecular formula is C10H8N4O2. The highest BCUT2D eigenvalue weighted by Crippen LogP contribution is 2.00. The number of esters is 1. The van der Waals surface area contributed by atoms with Crippen LogP contribution in [0.1, 0.15) is 16.1 Å². The second-order valence-electron chi connectivity index (χ2n) is 2.61. The van der Waals surface area contributed by atoms with Crippen molar-refractivity contribution >= 4 is 5.97 Å². The number of methoxy groups -OCH3 is 1. The molecular weight excluding hydrogens is 208 g/mol. The first-order chi connectivity index (χ1) is 7.77. The van der Waals surface area contributed by atoms with Gasteiger partial charge in [0.1, 0.15) is 5.69 Å². The molecule has 6 heteroatoms. The number of carbonyl (C=O) groups excluding carboxylic acids is 1. The van der Waals surface area contributed by atoms with Gasteiger partial charge in [0, 0.05) is 11.1 Å². The molecule has 1 aromatic heterocycles. The average Bonchev–Trinajstić information content (AvgIpc) is 2.34. The van der Waals surface area contributed by atoms with Gasteiger partial charge in [-0.15, -0.1) is 0 Å². The molecule has 0 saturated carbocycles. The van der Waals surface area contributed by atoms with Crippen LogP contribution >= 0.6 is 0 Å². The minimum Gasteiger partial charge on any atom is -0.465 e. The van der Waals surface area contributed by atoms with Crippen LogP contribution in [-0.2, 0) is 4.74 Å². The van der Waals surface area contributed by atoms with Gasteiger partial charge in [-0.1, -0.05) is 11.0 Å². The summed E-state index contributed by atoms with van der Waals surface area (Å²) in [6.45, 7) is 0.0942. The van der Waals surface area contributed by atoms with Crippen molar-refractivity contribution in [3.05, 3.63) is 40.0 Å². The lowest BCUT2D eigenvalue weighted by Crippen LogP contribution is -2.01. The molecule has 0 radical (unpaired) electrons. The molecule has 0 spiro atoms. The summed E-state index contributed by atoms with van der Waals surface area (Å²) in [5.74, 6) is 4.86. The average molecular weight is 216 g/mol. The Kier molecular flexibility index (Phi) is 4.38. The quantitative estimate of drug-likeness (QED) is 0.247. The zero-order chi connectivity index (χ0) is 11.8. The largest absolute Gasteiger partial charge is 0.465 e. The smallest absolute Gasteiger partial charge is 0.339 e. The summed E-state index contributed by atoms with van der Waals surface area (Å²) >= 11 is 0. The lowest BCUT2D eigenvalue weighted by atomic mass is 10.2. The second-order valence-corrected chi connectivity index (χ2v) is 2.61. The zero-order valence-electron chi connectivity index (χ0n) is 8.54. The Balaban J connectivity index is 2.74. The Morgan fingerprint density at radius 2 is 2.50 bits per heavy atom. The normalized spacial score (nSPS) is 8.31. The fourth-order valence-electron chi connectivity index (χ4n) is 0.903. The van der Waals surface area contributed by atoms with Crippen LogP contribution < -0.4 is 0 Å². The van der Waals surface area contributed by atoms with E-state index in [1.54, 1.807) is 12.1 Å². The number of pyridine rings is 1. The van der Waals surface area contributed by atoms with Gasteiger partial charge in [-0.2, -0.15) is 0 Å². The van der Waals surface area contributed by atoms with E-state index in [1.165, 1.54) is 13.3 Å². The maximum Gasteiger partial charge on any atom is 0.339 e. The van der Waals surface area contributed by atoms with Gasteiger partial charge in [0.25, 0.3) is 0 Å². The van der Waals surface area contributed by atoms with E-state index in [9.17, 15) is 4.79 Å². The van der Waals surface area contributed by atoms with E-state index in [-0.39, 0.29) is 6.54 Å². The number of aromatic nitrogens is 1. The lowest BCUT2D eigenvalue weighted by Gasteiger charge is -1.97. The van der Waals surface area contributed by atoms with Crippen LogP contribution in [0.2, 0.25) is 0 Å². The number of carbonyl (C=O) groups is 1. The van der Waals surface area contributed by atoms with Crippen molar-refractivity contribution in [3.8, 4) is 11.8 Å². The third-order valence-electron chi connectivity index (χ3n) is 1.61. The number of hydrogen-bond donors (Lipinski definition) is 0. The van der Waals surface area contributed by atoms with E-state index < -0.39 is 5.97 Å². The van der Waals surface area contributed by atoms with E-state index in [1.807, 2.05) is 0 Å². The van der Waals surface area contributed by atoms with Crippen LogP contribution in [0.5, 0.6) is 0 Å². The van der Waals surface area contributed by atoms with E-state index >= 15 is 0 Å². The molecule has 6 nitrogen and oxygen atoms in total. The summed E-state index contributed by atoms with van der Waals surface area (Å²) in [5, 5.41) is 3.25. The maximum atomic E-state index is 11.1. The van der Waals surface area contributed by atoms with E-state index in [4.69, 9.17) is 5.53 Å². The number of nitrogens with zero attached hydrogens (tertiary/aromatic N) is 4. The molecule has 1 aromatic rings. The topological polar surface area (TPSA) is 88.0 Å². The number of rotatable bonds is 2. The van der Waals surface area contributed by atoms with Gasteiger partial charge in [-0.05, 0) is 23.6 Å². The fraction of sp³-hybridized carbons (Fsp3) is 0.200. The third-order valence-corrected chi connectivity index (χ3v) is 1.61. The number of hydrogen-bond acceptors (Lipinski definition) is 4. The van der Waals surface area contributed by atoms with Crippen LogP contribution in [0.4, 0.5) is 0 Å². The van der Waals surface area contributed by atoms with Gasteiger partial charge >= 0.3 is 5.97 Å². The molecule has 16 heavy (non-hydrogen) atoms. The SMILES string of the molecule is COC(=O)c1ccc(C#CCN=[N+]=[N-])nc1. The predicted octanol–water partition coefficient (Wildman–Crippen LogP) is 1.53. The van der Waals surface area contributed by atoms with E-state index in [0.29, 0.717) is 11.3 Å². The lowest BCUT2D eigenvalue weighted by molar-refractivity contribution is 0.0600. The van der Waals surface area contributed by atoms with Gasteiger partial charge in [0.15, 0.2) is 0 Å². The number of ether oxygens (including phenoxy) is 1. The fourth-order valence-corrected chi connectivity index (χ4v) is 0.903. The maximum absolute atomic E-state index is 11.1. The molecule has 0 aliphatic rings. The van der Waals surface area contributed by atoms with Crippen molar-refractivity contribution in [2.24, 2.45) is 5.11 Å². The Bertz CT molecular complexity index is 478. The van der Waals surface area contributed by atoms with Gasteiger partial charge in [-0.25, -0.2) is 9.78 Å². The Labute approximate surface area is 91.9 Å². The molecule has 80 valence electrons. The summed E-state index contributed by atoms with van der Waals surface area (Å²) in [7, 11) is 1.30. The van der Waals surface area contributed by atoms with Gasteiger partial charge < -0.3 is 4.74 Å². The van der Waals surface area contributed by atoms with Crippen molar-refractivity contribution in [2.75, 3.05) is 13.7 Å². The standard InChI is InChI=1S/C10H8N4O2/c1-16-10(15)8-4-5-9(12-7-8)3-2-6-13-14-11/h4-5,7H,6H2,1H3. The third kappa shape index (κ3) is 3.33. The summed E-state index contributed by atoms with van der Waals surface area (Å²) in [6.07, 6.45) is 1.38. The molecule has 1 rings (SSSR count). The first-order valence-electron chi connectivity index (χ1n) is 4.32. The molecule has 0 bridgehead atoms. The summed E-state index contributed by atoms with van der Waals surface area (Å²) in [6, 6.07) is 3.16. The van der Waals surface area contributed by atoms with Crippen LogP contribution in [-0.4, -0.2) is 24.6 Å². The van der Waals surface area contributed by atoms with E-state index in [0.717, 1.165) is 0 Å². The van der Waals surface area contributed by atoms with Crippen LogP contribution in [0.15, 0.2) is 23.4 Å². The van der Waals surface area contributed by atoms with Crippen LogP contribution in [0.3, 0.4) is 0 Å². The molecule has 0 atom stereocenters. The molecule has 0 saturated heterocycles. The molecule has 0 N–H and O–H groups in total. The molecule has 0 aliphatic heterocycles. The number of azide groups is 1. The zero-order valence-corrected chi connectivity index (χ0v) is 8.54. The summed E-state index contributed by atoms with van der Waals surface area (Å²) in [4.78, 5) is 17.6. The molecule has 0 aromatic carbocycles. The predicted molar refractivity (Wildman–Crippen MR) is 56.5 cm³/mol. The molecule has 0 amide bonds. The summed E-state index contributed by atoms with van der Waals surface area (Å²) < 4.78 is 4.52. The minimum absolute atomic E-state index is 0.0942. The van der Waals surface area contributed by atoms with Crippen molar-refractivity contribution in [1.29, 1.82) is 0 Å². The Hall–Kier alpha value is -2.51. The van der Waals surface area contributed by atoms with E-state index in [2.05, 4.69) is 31.6 Å². The van der Waals surface area contributed by atoms with Gasteiger partial charge in [-0.3, -0.25) is 0 Å². The second kappa shape index (κ2) is 6.06. The Morgan fingerprint density at radius 3 is 3.06 bits per heavy atom. The first kappa shape index (κ1) is 11.6. The van der Waals surface area contributed by atoms with Crippen LogP contribution in [0.25, 0.3) is 10.4 Å². The molecule has 0 aliphatic carbocycles. The van der Waals surface area contributed by atoms with Crippen LogP contribution in [0, 0.1) is 11.8 Å². The van der Waals surface area contributed by atoms with Gasteiger partial charge in [0.05, 0.1) is 19.2 Å². The molecule has 0 unspecified atom stereocenters. The highest BCUT2D eigenvalue weighted by atomic mass is 16.5. The van der Waals surface area contributed by atoms with Crippen molar-refractivity contribution in [3.63, 3.8) is 0 Å². The highest BCUT2D eigenvalue weighted by molar-refractivity contribution is 5.88. The monoisotopic (exact) mass is 216 g/mol. The van der Waals surface area contributed by atoms with Crippen molar-refractivity contribution < 1.29 is 9.53 Å². The van der Waals surface area contributed by atoms with Crippen molar-refractivity contribution in [2.45, 2.75) is 0 Å². The molecule has 0 fully saturated rings. The first-order valence-corrected chi connectivity index (χ1v) is 4.32. The summed E-state index contributed by atoms with van der Waals surface area (Å²) in [5.41, 5.74) is 8.88. The highest BCUT2D eigenvalue weighted by Gasteiger charge is 2.03. The Morgan fingerprint density at radius 1 is 1.69 bits per heavy atom. The molecule has 1 heterocycles.